The molecule has 4 rings (SSSR count). The number of Topliss-reactive ketones (excluding diaryl/α,β-unsaturated/α-hetero) is 1. The predicted octanol–water partition coefficient (Wildman–Crippen LogP) is 6.21. The van der Waals surface area contributed by atoms with Crippen molar-refractivity contribution in [2.24, 2.45) is 10.9 Å². The Labute approximate surface area is 203 Å². The molecule has 0 fully saturated rings. The molecule has 166 valence electrons. The number of benzene rings is 2. The quantitative estimate of drug-likeness (QED) is 0.248. The molecule has 0 radical (unpaired) electrons. The van der Waals surface area contributed by atoms with Gasteiger partial charge in [0, 0.05) is 32.9 Å². The number of carbonyl (C=O) groups is 2. The predicted molar refractivity (Wildman–Crippen MR) is 135 cm³/mol. The van der Waals surface area contributed by atoms with Crippen LogP contribution in [0.25, 0.3) is 0 Å². The maximum absolute atomic E-state index is 13.5. The van der Waals surface area contributed by atoms with Crippen LogP contribution in [0.3, 0.4) is 0 Å². The summed E-state index contributed by atoms with van der Waals surface area (Å²) < 4.78 is 6.70. The molecular formula is C27H28INO3. The minimum Gasteiger partial charge on any atom is -0.465 e. The molecule has 1 unspecified atom stereocenters. The molecule has 1 aliphatic carbocycles. The van der Waals surface area contributed by atoms with Crippen LogP contribution in [0.5, 0.6) is 0 Å². The van der Waals surface area contributed by atoms with Crippen molar-refractivity contribution in [3.8, 4) is 0 Å². The summed E-state index contributed by atoms with van der Waals surface area (Å²) in [6, 6.07) is 18.2. The molecule has 2 aromatic rings. The van der Waals surface area contributed by atoms with Gasteiger partial charge in [-0.25, -0.2) is 0 Å². The second-order valence-electron chi connectivity index (χ2n) is 8.58. The van der Waals surface area contributed by atoms with E-state index < -0.39 is 5.92 Å². The number of hydrogen-bond donors (Lipinski definition) is 0. The average Bonchev–Trinajstić information content (AvgIpc) is 2.78. The highest BCUT2D eigenvalue weighted by Gasteiger charge is 2.44. The van der Waals surface area contributed by atoms with Crippen LogP contribution in [-0.4, -0.2) is 24.1 Å². The number of rotatable bonds is 6. The minimum absolute atomic E-state index is 0.0894. The third-order valence-corrected chi connectivity index (χ3v) is 7.03. The number of carbonyl (C=O) groups excluding carboxylic acids is 2. The fourth-order valence-electron chi connectivity index (χ4n) is 4.79. The number of unbranched alkanes of at least 4 members (excludes halogenated alkanes) is 1. The van der Waals surface area contributed by atoms with E-state index in [0.717, 1.165) is 38.9 Å². The number of ether oxygens (including phenoxy) is 1. The first-order valence-electron chi connectivity index (χ1n) is 11.3. The molecule has 0 saturated carbocycles. The minimum atomic E-state index is -0.568. The highest BCUT2D eigenvalue weighted by atomic mass is 127. The maximum Gasteiger partial charge on any atom is 0.315 e. The molecule has 0 spiro atoms. The Morgan fingerprint density at radius 2 is 1.84 bits per heavy atom. The van der Waals surface area contributed by atoms with Gasteiger partial charge >= 0.3 is 5.97 Å². The Morgan fingerprint density at radius 1 is 1.09 bits per heavy atom. The SMILES string of the molecule is CCCCOC(=O)C1C(C)=NC2=C(C(=O)C[C@@H](c3ccccc3)C2)[C@@H]1c1cccc(I)c1. The Balaban J connectivity index is 1.75. The number of nitrogens with zero attached hydrogens (tertiary/aromatic N) is 1. The van der Waals surface area contributed by atoms with Crippen molar-refractivity contribution in [1.29, 1.82) is 0 Å². The molecule has 4 nitrogen and oxygen atoms in total. The first-order chi connectivity index (χ1) is 15.5. The topological polar surface area (TPSA) is 55.7 Å². The van der Waals surface area contributed by atoms with Gasteiger partial charge in [0.05, 0.1) is 6.61 Å². The van der Waals surface area contributed by atoms with E-state index in [4.69, 9.17) is 9.73 Å². The Kier molecular flexibility index (Phi) is 7.23. The average molecular weight is 541 g/mol. The molecule has 5 heteroatoms. The molecule has 0 N–H and O–H groups in total. The lowest BCUT2D eigenvalue weighted by atomic mass is 9.69. The fraction of sp³-hybridized carbons (Fsp3) is 0.370. The molecule has 1 aliphatic heterocycles. The summed E-state index contributed by atoms with van der Waals surface area (Å²) in [5.41, 5.74) is 4.39. The molecule has 2 aromatic carbocycles. The van der Waals surface area contributed by atoms with Gasteiger partial charge in [-0.3, -0.25) is 14.6 Å². The van der Waals surface area contributed by atoms with Crippen molar-refractivity contribution >= 4 is 40.1 Å². The van der Waals surface area contributed by atoms with E-state index in [1.807, 2.05) is 43.3 Å². The van der Waals surface area contributed by atoms with Crippen molar-refractivity contribution in [3.63, 3.8) is 0 Å². The van der Waals surface area contributed by atoms with Gasteiger partial charge in [-0.2, -0.15) is 0 Å². The van der Waals surface area contributed by atoms with Gasteiger partial charge in [0.1, 0.15) is 5.92 Å². The lowest BCUT2D eigenvalue weighted by molar-refractivity contribution is -0.146. The van der Waals surface area contributed by atoms with Gasteiger partial charge in [0.15, 0.2) is 5.78 Å². The van der Waals surface area contributed by atoms with Gasteiger partial charge in [0.2, 0.25) is 0 Å². The van der Waals surface area contributed by atoms with Crippen LogP contribution < -0.4 is 0 Å². The van der Waals surface area contributed by atoms with Crippen LogP contribution in [0.15, 0.2) is 70.9 Å². The number of esters is 1. The van der Waals surface area contributed by atoms with Crippen molar-refractivity contribution in [3.05, 3.63) is 80.6 Å². The van der Waals surface area contributed by atoms with Crippen LogP contribution >= 0.6 is 22.6 Å². The zero-order chi connectivity index (χ0) is 22.7. The van der Waals surface area contributed by atoms with E-state index in [1.54, 1.807) is 0 Å². The van der Waals surface area contributed by atoms with Gasteiger partial charge in [-0.1, -0.05) is 55.8 Å². The van der Waals surface area contributed by atoms with Gasteiger partial charge in [0.25, 0.3) is 0 Å². The molecule has 0 saturated heterocycles. The van der Waals surface area contributed by atoms with Crippen molar-refractivity contribution in [2.75, 3.05) is 6.61 Å². The van der Waals surface area contributed by atoms with E-state index in [0.29, 0.717) is 25.0 Å². The largest absolute Gasteiger partial charge is 0.465 e. The molecule has 2 aliphatic rings. The van der Waals surface area contributed by atoms with Crippen LogP contribution in [0.4, 0.5) is 0 Å². The number of aliphatic imine (C=N–C) groups is 1. The van der Waals surface area contributed by atoms with Crippen molar-refractivity contribution < 1.29 is 14.3 Å². The normalized spacial score (nSPS) is 22.9. The summed E-state index contributed by atoms with van der Waals surface area (Å²) in [6.45, 7) is 4.36. The van der Waals surface area contributed by atoms with Crippen LogP contribution in [-0.2, 0) is 14.3 Å². The first-order valence-corrected chi connectivity index (χ1v) is 12.4. The van der Waals surface area contributed by atoms with Gasteiger partial charge in [-0.05, 0) is 71.5 Å². The standard InChI is InChI=1S/C27H28INO3/c1-3-4-13-32-27(31)24-17(2)29-22-15-20(18-9-6-5-7-10-18)16-23(30)26(22)25(24)19-11-8-12-21(28)14-19/h5-12,14,20,24-25H,3-4,13,15-16H2,1-2H3/t20-,24?,25+/m0/s1. The third-order valence-electron chi connectivity index (χ3n) is 6.36. The smallest absolute Gasteiger partial charge is 0.315 e. The molecular weight excluding hydrogens is 513 g/mol. The Hall–Kier alpha value is -2.28. The van der Waals surface area contributed by atoms with Crippen molar-refractivity contribution in [2.45, 2.75) is 51.4 Å². The maximum atomic E-state index is 13.5. The number of halogens is 1. The van der Waals surface area contributed by atoms with E-state index in [-0.39, 0.29) is 23.6 Å². The zero-order valence-corrected chi connectivity index (χ0v) is 20.7. The summed E-state index contributed by atoms with van der Waals surface area (Å²) in [6.07, 6.45) is 2.93. The monoisotopic (exact) mass is 541 g/mol. The number of hydrogen-bond acceptors (Lipinski definition) is 4. The summed E-state index contributed by atoms with van der Waals surface area (Å²) in [7, 11) is 0. The molecule has 0 aromatic heterocycles. The van der Waals surface area contributed by atoms with Crippen LogP contribution in [0, 0.1) is 9.49 Å². The lowest BCUT2D eigenvalue weighted by Gasteiger charge is -2.36. The Bertz CT molecular complexity index is 1070. The second-order valence-corrected chi connectivity index (χ2v) is 9.83. The van der Waals surface area contributed by atoms with E-state index >= 15 is 0 Å². The van der Waals surface area contributed by atoms with E-state index in [9.17, 15) is 9.59 Å². The highest BCUT2D eigenvalue weighted by Crippen LogP contribution is 2.46. The van der Waals surface area contributed by atoms with Gasteiger partial charge < -0.3 is 4.74 Å². The van der Waals surface area contributed by atoms with Crippen LogP contribution in [0.2, 0.25) is 0 Å². The summed E-state index contributed by atoms with van der Waals surface area (Å²) >= 11 is 2.28. The molecule has 0 bridgehead atoms. The third kappa shape index (κ3) is 4.72. The van der Waals surface area contributed by atoms with E-state index in [2.05, 4.69) is 47.7 Å². The summed E-state index contributed by atoms with van der Waals surface area (Å²) in [4.78, 5) is 31.5. The lowest BCUT2D eigenvalue weighted by Crippen LogP contribution is -2.38. The highest BCUT2D eigenvalue weighted by molar-refractivity contribution is 14.1. The second kappa shape index (κ2) is 10.1. The first kappa shape index (κ1) is 22.9. The molecule has 1 heterocycles. The zero-order valence-electron chi connectivity index (χ0n) is 18.5. The Morgan fingerprint density at radius 3 is 2.56 bits per heavy atom. The van der Waals surface area contributed by atoms with E-state index in [1.165, 1.54) is 0 Å². The summed E-state index contributed by atoms with van der Waals surface area (Å²) in [5.74, 6) is -1.00. The number of ketones is 1. The molecule has 32 heavy (non-hydrogen) atoms. The van der Waals surface area contributed by atoms with Gasteiger partial charge in [-0.15, -0.1) is 0 Å². The summed E-state index contributed by atoms with van der Waals surface area (Å²) in [5, 5.41) is 0. The molecule has 0 amide bonds. The van der Waals surface area contributed by atoms with Crippen LogP contribution in [0.1, 0.15) is 62.5 Å². The molecule has 3 atom stereocenters. The fourth-order valence-corrected chi connectivity index (χ4v) is 5.36. The number of allylic oxidation sites excluding steroid dienone is 2. The van der Waals surface area contributed by atoms with Crippen molar-refractivity contribution in [1.82, 2.24) is 0 Å².